The standard InChI is InChI=1S/C12H21ClN4/c1-5-9(4)17(7-3)11-10(13)8-15-12(16-11)14-6-2/h8-9H,5-7H2,1-4H3,(H,14,15,16). The fraction of sp³-hybridized carbons (Fsp3) is 0.667. The van der Waals surface area contributed by atoms with E-state index in [2.05, 4.69) is 41.0 Å². The molecule has 0 bridgehead atoms. The van der Waals surface area contributed by atoms with Crippen molar-refractivity contribution in [1.29, 1.82) is 0 Å². The quantitative estimate of drug-likeness (QED) is 0.849. The van der Waals surface area contributed by atoms with Gasteiger partial charge in [-0.15, -0.1) is 0 Å². The number of hydrogen-bond donors (Lipinski definition) is 1. The Hall–Kier alpha value is -1.03. The molecule has 1 rings (SSSR count). The normalized spacial score (nSPS) is 12.3. The van der Waals surface area contributed by atoms with Crippen LogP contribution in [0.5, 0.6) is 0 Å². The number of rotatable bonds is 6. The molecule has 1 unspecified atom stereocenters. The van der Waals surface area contributed by atoms with Crippen molar-refractivity contribution in [3.05, 3.63) is 11.2 Å². The molecule has 1 aromatic heterocycles. The number of halogens is 1. The number of aromatic nitrogens is 2. The van der Waals surface area contributed by atoms with Crippen LogP contribution in [0.25, 0.3) is 0 Å². The molecule has 0 spiro atoms. The molecule has 1 atom stereocenters. The van der Waals surface area contributed by atoms with Crippen LogP contribution in [0, 0.1) is 0 Å². The molecule has 1 aromatic rings. The SMILES string of the molecule is CCNc1ncc(Cl)c(N(CC)C(C)CC)n1. The summed E-state index contributed by atoms with van der Waals surface area (Å²) in [5, 5.41) is 3.71. The average molecular weight is 257 g/mol. The van der Waals surface area contributed by atoms with E-state index < -0.39 is 0 Å². The predicted molar refractivity (Wildman–Crippen MR) is 74.0 cm³/mol. The Morgan fingerprint density at radius 3 is 2.65 bits per heavy atom. The summed E-state index contributed by atoms with van der Waals surface area (Å²) in [6.07, 6.45) is 2.72. The maximum absolute atomic E-state index is 6.18. The van der Waals surface area contributed by atoms with Crippen LogP contribution in [0.2, 0.25) is 5.02 Å². The summed E-state index contributed by atoms with van der Waals surface area (Å²) in [5.74, 6) is 1.45. The number of anilines is 2. The van der Waals surface area contributed by atoms with Crippen molar-refractivity contribution >= 4 is 23.4 Å². The lowest BCUT2D eigenvalue weighted by atomic mass is 10.2. The van der Waals surface area contributed by atoms with Crippen LogP contribution in [-0.2, 0) is 0 Å². The molecule has 0 saturated heterocycles. The van der Waals surface area contributed by atoms with Gasteiger partial charge in [0.1, 0.15) is 5.02 Å². The minimum Gasteiger partial charge on any atom is -0.354 e. The molecule has 0 amide bonds. The second-order valence-corrected chi connectivity index (χ2v) is 4.35. The van der Waals surface area contributed by atoms with Crippen LogP contribution in [0.1, 0.15) is 34.1 Å². The summed E-state index contributed by atoms with van der Waals surface area (Å²) in [4.78, 5) is 10.8. The van der Waals surface area contributed by atoms with E-state index >= 15 is 0 Å². The van der Waals surface area contributed by atoms with Gasteiger partial charge in [0.15, 0.2) is 5.82 Å². The van der Waals surface area contributed by atoms with Gasteiger partial charge in [0, 0.05) is 19.1 Å². The van der Waals surface area contributed by atoms with E-state index in [9.17, 15) is 0 Å². The zero-order valence-electron chi connectivity index (χ0n) is 11.0. The number of nitrogens with one attached hydrogen (secondary N) is 1. The van der Waals surface area contributed by atoms with Crippen molar-refractivity contribution in [2.24, 2.45) is 0 Å². The Kier molecular flexibility index (Phi) is 5.48. The van der Waals surface area contributed by atoms with Crippen LogP contribution in [0.15, 0.2) is 6.20 Å². The van der Waals surface area contributed by atoms with Crippen molar-refractivity contribution < 1.29 is 0 Å². The van der Waals surface area contributed by atoms with Crippen LogP contribution >= 0.6 is 11.6 Å². The summed E-state index contributed by atoms with van der Waals surface area (Å²) < 4.78 is 0. The predicted octanol–water partition coefficient (Wildman–Crippen LogP) is 3.19. The summed E-state index contributed by atoms with van der Waals surface area (Å²) in [6, 6.07) is 0.418. The number of hydrogen-bond acceptors (Lipinski definition) is 4. The van der Waals surface area contributed by atoms with Crippen LogP contribution in [-0.4, -0.2) is 29.1 Å². The highest BCUT2D eigenvalue weighted by atomic mass is 35.5. The molecule has 5 heteroatoms. The Bertz CT molecular complexity index is 356. The van der Waals surface area contributed by atoms with Crippen LogP contribution < -0.4 is 10.2 Å². The topological polar surface area (TPSA) is 41.1 Å². The van der Waals surface area contributed by atoms with E-state index in [4.69, 9.17) is 11.6 Å². The van der Waals surface area contributed by atoms with E-state index in [1.165, 1.54) is 0 Å². The third-order valence-electron chi connectivity index (χ3n) is 2.80. The molecule has 0 aromatic carbocycles. The summed E-state index contributed by atoms with van der Waals surface area (Å²) in [6.45, 7) is 10.2. The molecule has 0 aliphatic heterocycles. The summed E-state index contributed by atoms with van der Waals surface area (Å²) >= 11 is 6.18. The monoisotopic (exact) mass is 256 g/mol. The maximum Gasteiger partial charge on any atom is 0.224 e. The van der Waals surface area contributed by atoms with Gasteiger partial charge in [-0.3, -0.25) is 0 Å². The highest BCUT2D eigenvalue weighted by Gasteiger charge is 2.16. The molecule has 0 radical (unpaired) electrons. The third kappa shape index (κ3) is 3.46. The molecule has 1 heterocycles. The van der Waals surface area contributed by atoms with E-state index in [0.29, 0.717) is 17.0 Å². The fourth-order valence-corrected chi connectivity index (χ4v) is 1.89. The van der Waals surface area contributed by atoms with Crippen LogP contribution in [0.4, 0.5) is 11.8 Å². The van der Waals surface area contributed by atoms with Gasteiger partial charge < -0.3 is 10.2 Å². The summed E-state index contributed by atoms with van der Waals surface area (Å²) in [5.41, 5.74) is 0. The minimum atomic E-state index is 0.418. The molecule has 96 valence electrons. The third-order valence-corrected chi connectivity index (χ3v) is 3.06. The van der Waals surface area contributed by atoms with Gasteiger partial charge in [0.25, 0.3) is 0 Å². The number of nitrogens with zero attached hydrogens (tertiary/aromatic N) is 3. The van der Waals surface area contributed by atoms with Crippen molar-refractivity contribution in [1.82, 2.24) is 9.97 Å². The molecule has 0 saturated carbocycles. The van der Waals surface area contributed by atoms with E-state index in [0.717, 1.165) is 25.3 Å². The van der Waals surface area contributed by atoms with Crippen molar-refractivity contribution in [2.45, 2.75) is 40.2 Å². The first-order valence-electron chi connectivity index (χ1n) is 6.17. The van der Waals surface area contributed by atoms with Crippen molar-refractivity contribution in [3.8, 4) is 0 Å². The van der Waals surface area contributed by atoms with Gasteiger partial charge in [-0.05, 0) is 27.2 Å². The van der Waals surface area contributed by atoms with Gasteiger partial charge in [-0.2, -0.15) is 4.98 Å². The molecule has 0 fully saturated rings. The highest BCUT2D eigenvalue weighted by molar-refractivity contribution is 6.32. The van der Waals surface area contributed by atoms with Gasteiger partial charge in [0.2, 0.25) is 5.95 Å². The molecular weight excluding hydrogens is 236 g/mol. The van der Waals surface area contributed by atoms with Gasteiger partial charge >= 0.3 is 0 Å². The first-order valence-corrected chi connectivity index (χ1v) is 6.54. The fourth-order valence-electron chi connectivity index (χ4n) is 1.69. The molecule has 0 aliphatic carbocycles. The first-order chi connectivity index (χ1) is 8.13. The van der Waals surface area contributed by atoms with E-state index in [1.807, 2.05) is 6.92 Å². The lowest BCUT2D eigenvalue weighted by Crippen LogP contribution is -2.33. The Morgan fingerprint density at radius 2 is 2.12 bits per heavy atom. The van der Waals surface area contributed by atoms with Crippen molar-refractivity contribution in [2.75, 3.05) is 23.3 Å². The molecule has 0 aliphatic rings. The molecule has 1 N–H and O–H groups in total. The molecule has 17 heavy (non-hydrogen) atoms. The van der Waals surface area contributed by atoms with Gasteiger partial charge in [-0.25, -0.2) is 4.98 Å². The zero-order chi connectivity index (χ0) is 12.8. The smallest absolute Gasteiger partial charge is 0.224 e. The highest BCUT2D eigenvalue weighted by Crippen LogP contribution is 2.25. The van der Waals surface area contributed by atoms with Gasteiger partial charge in [0.05, 0.1) is 6.20 Å². The zero-order valence-corrected chi connectivity index (χ0v) is 11.8. The molecular formula is C12H21ClN4. The van der Waals surface area contributed by atoms with E-state index in [1.54, 1.807) is 6.20 Å². The van der Waals surface area contributed by atoms with E-state index in [-0.39, 0.29) is 0 Å². The second kappa shape index (κ2) is 6.64. The molecule has 4 nitrogen and oxygen atoms in total. The van der Waals surface area contributed by atoms with Crippen LogP contribution in [0.3, 0.4) is 0 Å². The minimum absolute atomic E-state index is 0.418. The second-order valence-electron chi connectivity index (χ2n) is 3.94. The lowest BCUT2D eigenvalue weighted by molar-refractivity contribution is 0.622. The van der Waals surface area contributed by atoms with Crippen molar-refractivity contribution in [3.63, 3.8) is 0 Å². The lowest BCUT2D eigenvalue weighted by Gasteiger charge is -2.29. The largest absolute Gasteiger partial charge is 0.354 e. The summed E-state index contributed by atoms with van der Waals surface area (Å²) in [7, 11) is 0. The average Bonchev–Trinajstić information content (AvgIpc) is 2.34. The Morgan fingerprint density at radius 1 is 1.41 bits per heavy atom. The Balaban J connectivity index is 3.04. The Labute approximate surface area is 108 Å². The first kappa shape index (κ1) is 14.0. The van der Waals surface area contributed by atoms with Gasteiger partial charge in [-0.1, -0.05) is 18.5 Å². The maximum atomic E-state index is 6.18.